The summed E-state index contributed by atoms with van der Waals surface area (Å²) in [4.78, 5) is 18.5. The van der Waals surface area contributed by atoms with Gasteiger partial charge in [0, 0.05) is 25.6 Å². The van der Waals surface area contributed by atoms with Gasteiger partial charge in [-0.15, -0.1) is 0 Å². The van der Waals surface area contributed by atoms with Crippen LogP contribution in [0.2, 0.25) is 0 Å². The van der Waals surface area contributed by atoms with Crippen molar-refractivity contribution in [3.63, 3.8) is 0 Å². The van der Waals surface area contributed by atoms with Crippen molar-refractivity contribution in [3.8, 4) is 0 Å². The molecule has 0 radical (unpaired) electrons. The zero-order valence-electron chi connectivity index (χ0n) is 17.0. The second-order valence-corrected chi connectivity index (χ2v) is 9.06. The van der Waals surface area contributed by atoms with E-state index in [1.807, 2.05) is 13.2 Å². The third kappa shape index (κ3) is 3.31. The number of piperidine rings is 2. The zero-order chi connectivity index (χ0) is 18.9. The molecule has 27 heavy (non-hydrogen) atoms. The van der Waals surface area contributed by atoms with Gasteiger partial charge in [-0.05, 0) is 64.2 Å². The number of likely N-dealkylation sites (tertiary alicyclic amines) is 2. The molecule has 2 saturated heterocycles. The summed E-state index contributed by atoms with van der Waals surface area (Å²) in [6.45, 7) is 3.76. The van der Waals surface area contributed by atoms with Crippen molar-refractivity contribution in [2.75, 3.05) is 40.3 Å². The highest BCUT2D eigenvalue weighted by Crippen LogP contribution is 2.48. The minimum absolute atomic E-state index is 0.187. The number of nitrogens with zero attached hydrogens (tertiary/aromatic N) is 2. The van der Waals surface area contributed by atoms with Crippen LogP contribution in [0, 0.1) is 5.41 Å². The standard InChI is InChI=1S/C23H34N2O2/c1-24-16-13-23(14-17-24,19-8-4-3-5-9-19)21(26)25-15-7-12-22(18-25)11-6-10-20(22)27-2/h3-5,8-9,20H,6-7,10-18H2,1-2H3/t20-,22-/m1/s1. The van der Waals surface area contributed by atoms with Gasteiger partial charge in [-0.2, -0.15) is 0 Å². The molecule has 1 saturated carbocycles. The minimum atomic E-state index is -0.354. The SMILES string of the molecule is CO[C@@H]1CCC[C@]12CCCN(C(=O)C1(c3ccccc3)CCN(C)CC1)C2. The van der Waals surface area contributed by atoms with Gasteiger partial charge in [0.2, 0.25) is 5.91 Å². The molecular formula is C23H34N2O2. The van der Waals surface area contributed by atoms with E-state index in [9.17, 15) is 4.79 Å². The molecule has 1 aliphatic carbocycles. The lowest BCUT2D eigenvalue weighted by molar-refractivity contribution is -0.145. The third-order valence-electron chi connectivity index (χ3n) is 7.58. The van der Waals surface area contributed by atoms with E-state index in [2.05, 4.69) is 41.1 Å². The molecule has 1 spiro atoms. The largest absolute Gasteiger partial charge is 0.381 e. The van der Waals surface area contributed by atoms with Crippen molar-refractivity contribution in [2.45, 2.75) is 56.5 Å². The van der Waals surface area contributed by atoms with E-state index in [0.717, 1.165) is 51.9 Å². The number of methoxy groups -OCH3 is 1. The highest BCUT2D eigenvalue weighted by Gasteiger charge is 2.50. The summed E-state index contributed by atoms with van der Waals surface area (Å²) in [5, 5.41) is 0. The van der Waals surface area contributed by atoms with Crippen LogP contribution in [0.25, 0.3) is 0 Å². The molecule has 4 nitrogen and oxygen atoms in total. The smallest absolute Gasteiger partial charge is 0.233 e. The first kappa shape index (κ1) is 18.9. The molecule has 1 amide bonds. The molecule has 0 N–H and O–H groups in total. The van der Waals surface area contributed by atoms with Crippen molar-refractivity contribution >= 4 is 5.91 Å². The van der Waals surface area contributed by atoms with Crippen LogP contribution in [0.3, 0.4) is 0 Å². The van der Waals surface area contributed by atoms with E-state index in [1.165, 1.54) is 24.8 Å². The van der Waals surface area contributed by atoms with Gasteiger partial charge in [0.15, 0.2) is 0 Å². The van der Waals surface area contributed by atoms with Crippen LogP contribution in [0.1, 0.15) is 50.5 Å². The number of hydrogen-bond acceptors (Lipinski definition) is 3. The Bertz CT molecular complexity index is 654. The fourth-order valence-electron chi connectivity index (χ4n) is 5.96. The summed E-state index contributed by atoms with van der Waals surface area (Å²) in [5.41, 5.74) is 1.04. The number of rotatable bonds is 3. The Balaban J connectivity index is 1.62. The Kier molecular flexibility index (Phi) is 5.30. The van der Waals surface area contributed by atoms with E-state index in [0.29, 0.717) is 12.0 Å². The summed E-state index contributed by atoms with van der Waals surface area (Å²) in [6, 6.07) is 10.5. The summed E-state index contributed by atoms with van der Waals surface area (Å²) in [5.74, 6) is 0.364. The first-order valence-electron chi connectivity index (χ1n) is 10.7. The van der Waals surface area contributed by atoms with E-state index in [4.69, 9.17) is 4.74 Å². The van der Waals surface area contributed by atoms with Crippen LogP contribution in [-0.4, -0.2) is 62.1 Å². The van der Waals surface area contributed by atoms with Gasteiger partial charge in [-0.1, -0.05) is 36.8 Å². The fraction of sp³-hybridized carbons (Fsp3) is 0.696. The predicted octanol–water partition coefficient (Wildman–Crippen LogP) is 3.46. The number of hydrogen-bond donors (Lipinski definition) is 0. The maximum atomic E-state index is 14.0. The molecule has 1 aromatic carbocycles. The Hall–Kier alpha value is -1.39. The van der Waals surface area contributed by atoms with Crippen LogP contribution >= 0.6 is 0 Å². The number of carbonyl (C=O) groups is 1. The molecule has 0 bridgehead atoms. The highest BCUT2D eigenvalue weighted by molar-refractivity contribution is 5.88. The first-order chi connectivity index (χ1) is 13.1. The fourth-order valence-corrected chi connectivity index (χ4v) is 5.96. The molecule has 3 aliphatic rings. The zero-order valence-corrected chi connectivity index (χ0v) is 17.0. The number of ether oxygens (including phenoxy) is 1. The van der Waals surface area contributed by atoms with Crippen LogP contribution in [-0.2, 0) is 14.9 Å². The lowest BCUT2D eigenvalue weighted by Gasteiger charge is -2.48. The Morgan fingerprint density at radius 2 is 1.74 bits per heavy atom. The van der Waals surface area contributed by atoms with Crippen LogP contribution in [0.4, 0.5) is 0 Å². The molecule has 0 unspecified atom stereocenters. The number of carbonyl (C=O) groups excluding carboxylic acids is 1. The Morgan fingerprint density at radius 3 is 2.44 bits per heavy atom. The van der Waals surface area contributed by atoms with Crippen molar-refractivity contribution in [1.29, 1.82) is 0 Å². The molecular weight excluding hydrogens is 336 g/mol. The van der Waals surface area contributed by atoms with Crippen molar-refractivity contribution in [1.82, 2.24) is 9.80 Å². The van der Waals surface area contributed by atoms with Gasteiger partial charge in [0.25, 0.3) is 0 Å². The van der Waals surface area contributed by atoms with Gasteiger partial charge in [-0.25, -0.2) is 0 Å². The van der Waals surface area contributed by atoms with Gasteiger partial charge in [0.05, 0.1) is 11.5 Å². The molecule has 148 valence electrons. The maximum absolute atomic E-state index is 14.0. The van der Waals surface area contributed by atoms with E-state index in [1.54, 1.807) is 0 Å². The molecule has 4 rings (SSSR count). The van der Waals surface area contributed by atoms with Crippen LogP contribution in [0.5, 0.6) is 0 Å². The monoisotopic (exact) mass is 370 g/mol. The molecule has 1 aromatic rings. The van der Waals surface area contributed by atoms with E-state index >= 15 is 0 Å². The predicted molar refractivity (Wildman–Crippen MR) is 108 cm³/mol. The highest BCUT2D eigenvalue weighted by atomic mass is 16.5. The average molecular weight is 371 g/mol. The maximum Gasteiger partial charge on any atom is 0.233 e. The summed E-state index contributed by atoms with van der Waals surface area (Å²) >= 11 is 0. The number of amides is 1. The molecule has 2 aliphatic heterocycles. The van der Waals surface area contributed by atoms with Gasteiger partial charge in [0.1, 0.15) is 0 Å². The second-order valence-electron chi connectivity index (χ2n) is 9.06. The molecule has 0 aromatic heterocycles. The van der Waals surface area contributed by atoms with Gasteiger partial charge in [-0.3, -0.25) is 4.79 Å². The van der Waals surface area contributed by atoms with Crippen molar-refractivity contribution in [2.24, 2.45) is 5.41 Å². The first-order valence-corrected chi connectivity index (χ1v) is 10.7. The van der Waals surface area contributed by atoms with E-state index < -0.39 is 0 Å². The summed E-state index contributed by atoms with van der Waals surface area (Å²) in [7, 11) is 4.01. The number of benzene rings is 1. The van der Waals surface area contributed by atoms with Crippen LogP contribution in [0.15, 0.2) is 30.3 Å². The quantitative estimate of drug-likeness (QED) is 0.817. The Labute approximate surface area is 163 Å². The molecule has 2 heterocycles. The normalized spacial score (nSPS) is 31.3. The van der Waals surface area contributed by atoms with E-state index in [-0.39, 0.29) is 10.8 Å². The molecule has 3 fully saturated rings. The average Bonchev–Trinajstić information content (AvgIpc) is 3.10. The lowest BCUT2D eigenvalue weighted by atomic mass is 9.70. The molecule has 2 atom stereocenters. The van der Waals surface area contributed by atoms with Crippen molar-refractivity contribution < 1.29 is 9.53 Å². The molecule has 4 heteroatoms. The van der Waals surface area contributed by atoms with Crippen molar-refractivity contribution in [3.05, 3.63) is 35.9 Å². The van der Waals surface area contributed by atoms with Gasteiger partial charge < -0.3 is 14.5 Å². The lowest BCUT2D eigenvalue weighted by Crippen LogP contribution is -2.57. The Morgan fingerprint density at radius 1 is 1.04 bits per heavy atom. The van der Waals surface area contributed by atoms with Gasteiger partial charge >= 0.3 is 0 Å². The topological polar surface area (TPSA) is 32.8 Å². The third-order valence-corrected chi connectivity index (χ3v) is 7.58. The summed E-state index contributed by atoms with van der Waals surface area (Å²) < 4.78 is 5.86. The second kappa shape index (κ2) is 7.56. The van der Waals surface area contributed by atoms with Crippen LogP contribution < -0.4 is 0 Å². The minimum Gasteiger partial charge on any atom is -0.381 e. The summed E-state index contributed by atoms with van der Waals surface area (Å²) in [6.07, 6.45) is 8.05.